The van der Waals surface area contributed by atoms with Gasteiger partial charge in [0.2, 0.25) is 11.8 Å². The smallest absolute Gasteiger partial charge is 0.228 e. The summed E-state index contributed by atoms with van der Waals surface area (Å²) >= 11 is 0. The fourth-order valence-corrected chi connectivity index (χ4v) is 4.16. The van der Waals surface area contributed by atoms with Gasteiger partial charge >= 0.3 is 0 Å². The molecule has 3 heterocycles. The van der Waals surface area contributed by atoms with Crippen LogP contribution in [0, 0.1) is 5.82 Å². The zero-order chi connectivity index (χ0) is 20.3. The number of anilines is 1. The number of ether oxygens (including phenoxy) is 1. The van der Waals surface area contributed by atoms with Gasteiger partial charge in [0.15, 0.2) is 0 Å². The summed E-state index contributed by atoms with van der Waals surface area (Å²) in [6.45, 7) is 4.53. The van der Waals surface area contributed by atoms with Crippen LogP contribution in [0.1, 0.15) is 29.7 Å². The van der Waals surface area contributed by atoms with Crippen molar-refractivity contribution in [3.8, 4) is 11.6 Å². The minimum absolute atomic E-state index is 0.279. The van der Waals surface area contributed by atoms with Crippen LogP contribution in [0.3, 0.4) is 0 Å². The van der Waals surface area contributed by atoms with Crippen LogP contribution in [0.15, 0.2) is 54.6 Å². The molecule has 0 saturated carbocycles. The highest BCUT2D eigenvalue weighted by Crippen LogP contribution is 2.32. The molecule has 0 aliphatic carbocycles. The summed E-state index contributed by atoms with van der Waals surface area (Å²) in [5.41, 5.74) is 3.38. The van der Waals surface area contributed by atoms with Crippen LogP contribution in [-0.2, 0) is 19.5 Å². The molecule has 0 radical (unpaired) electrons. The minimum Gasteiger partial charge on any atom is -0.438 e. The lowest BCUT2D eigenvalue weighted by Crippen LogP contribution is -2.32. The average molecular weight is 404 g/mol. The van der Waals surface area contributed by atoms with Crippen molar-refractivity contribution in [3.63, 3.8) is 0 Å². The standard InChI is InChI=1S/C24H25FN4O/c25-19-8-10-20(11-9-19)30-23-21-17-28(16-18-6-2-1-3-7-18)15-12-22(21)26-24(27-23)29-13-4-5-14-29/h1-3,6-11H,4-5,12-17H2. The normalized spacial score (nSPS) is 16.5. The number of rotatable bonds is 5. The Bertz CT molecular complexity index is 1000. The highest BCUT2D eigenvalue weighted by Gasteiger charge is 2.26. The molecule has 2 aliphatic heterocycles. The summed E-state index contributed by atoms with van der Waals surface area (Å²) in [7, 11) is 0. The quantitative estimate of drug-likeness (QED) is 0.623. The van der Waals surface area contributed by atoms with Crippen LogP contribution in [0.4, 0.5) is 10.3 Å². The van der Waals surface area contributed by atoms with Crippen molar-refractivity contribution in [3.05, 3.63) is 77.2 Å². The van der Waals surface area contributed by atoms with E-state index in [0.29, 0.717) is 11.6 Å². The second-order valence-electron chi connectivity index (χ2n) is 7.95. The molecule has 154 valence electrons. The molecule has 0 unspecified atom stereocenters. The van der Waals surface area contributed by atoms with Gasteiger partial charge in [-0.15, -0.1) is 0 Å². The zero-order valence-corrected chi connectivity index (χ0v) is 16.9. The fraction of sp³-hybridized carbons (Fsp3) is 0.333. The number of aromatic nitrogens is 2. The summed E-state index contributed by atoms with van der Waals surface area (Å²) in [6, 6.07) is 16.6. The summed E-state index contributed by atoms with van der Waals surface area (Å²) in [4.78, 5) is 14.3. The molecule has 0 N–H and O–H groups in total. The third-order valence-electron chi connectivity index (χ3n) is 5.76. The van der Waals surface area contributed by atoms with Crippen LogP contribution in [0.5, 0.6) is 11.6 Å². The van der Waals surface area contributed by atoms with Gasteiger partial charge in [-0.2, -0.15) is 4.98 Å². The maximum absolute atomic E-state index is 13.3. The molecule has 1 saturated heterocycles. The van der Waals surface area contributed by atoms with Gasteiger partial charge in [-0.1, -0.05) is 30.3 Å². The number of nitrogens with zero attached hydrogens (tertiary/aromatic N) is 4. The van der Waals surface area contributed by atoms with E-state index >= 15 is 0 Å². The maximum Gasteiger partial charge on any atom is 0.228 e. The fourth-order valence-electron chi connectivity index (χ4n) is 4.16. The molecule has 5 nitrogen and oxygen atoms in total. The predicted octanol–water partition coefficient (Wildman–Crippen LogP) is 4.57. The van der Waals surface area contributed by atoms with Gasteiger partial charge in [0.1, 0.15) is 11.6 Å². The third kappa shape index (κ3) is 4.14. The minimum atomic E-state index is -0.279. The number of halogens is 1. The summed E-state index contributed by atoms with van der Waals surface area (Å²) in [5.74, 6) is 1.65. The van der Waals surface area contributed by atoms with Crippen LogP contribution in [0.2, 0.25) is 0 Å². The average Bonchev–Trinajstić information content (AvgIpc) is 3.31. The molecule has 0 amide bonds. The first-order valence-corrected chi connectivity index (χ1v) is 10.6. The Balaban J connectivity index is 1.45. The van der Waals surface area contributed by atoms with E-state index in [-0.39, 0.29) is 5.82 Å². The summed E-state index contributed by atoms with van der Waals surface area (Å²) in [6.07, 6.45) is 3.20. The SMILES string of the molecule is Fc1ccc(Oc2nc(N3CCCC3)nc3c2CN(Cc2ccccc2)CC3)cc1. The van der Waals surface area contributed by atoms with Crippen LogP contribution >= 0.6 is 0 Å². The van der Waals surface area contributed by atoms with Crippen molar-refractivity contribution in [2.24, 2.45) is 0 Å². The topological polar surface area (TPSA) is 41.5 Å². The molecule has 2 aliphatic rings. The van der Waals surface area contributed by atoms with E-state index in [1.807, 2.05) is 6.07 Å². The Kier molecular flexibility index (Phi) is 5.32. The molecular weight excluding hydrogens is 379 g/mol. The third-order valence-corrected chi connectivity index (χ3v) is 5.76. The van der Waals surface area contributed by atoms with Crippen molar-refractivity contribution >= 4 is 5.95 Å². The van der Waals surface area contributed by atoms with Crippen LogP contribution in [0.25, 0.3) is 0 Å². The first-order chi connectivity index (χ1) is 14.7. The zero-order valence-electron chi connectivity index (χ0n) is 16.9. The highest BCUT2D eigenvalue weighted by molar-refractivity contribution is 5.44. The van der Waals surface area contributed by atoms with E-state index in [1.165, 1.54) is 30.5 Å². The Hall–Kier alpha value is -2.99. The molecule has 30 heavy (non-hydrogen) atoms. The lowest BCUT2D eigenvalue weighted by atomic mass is 10.1. The van der Waals surface area contributed by atoms with Crippen molar-refractivity contribution in [1.29, 1.82) is 0 Å². The molecule has 3 aromatic rings. The van der Waals surface area contributed by atoms with Gasteiger partial charge in [-0.05, 0) is 42.7 Å². The first kappa shape index (κ1) is 19.0. The highest BCUT2D eigenvalue weighted by atomic mass is 19.1. The van der Waals surface area contributed by atoms with Crippen molar-refractivity contribution in [2.45, 2.75) is 32.4 Å². The van der Waals surface area contributed by atoms with E-state index in [9.17, 15) is 4.39 Å². The molecular formula is C24H25FN4O. The monoisotopic (exact) mass is 404 g/mol. The molecule has 5 rings (SSSR count). The van der Waals surface area contributed by atoms with Crippen molar-refractivity contribution < 1.29 is 9.13 Å². The largest absolute Gasteiger partial charge is 0.438 e. The molecule has 0 bridgehead atoms. The second-order valence-corrected chi connectivity index (χ2v) is 7.95. The number of hydrogen-bond donors (Lipinski definition) is 0. The van der Waals surface area contributed by atoms with Crippen molar-refractivity contribution in [2.75, 3.05) is 24.5 Å². The lowest BCUT2D eigenvalue weighted by Gasteiger charge is -2.30. The molecule has 0 spiro atoms. The second kappa shape index (κ2) is 8.40. The van der Waals surface area contributed by atoms with E-state index in [0.717, 1.165) is 56.4 Å². The number of fused-ring (bicyclic) bond motifs is 1. The van der Waals surface area contributed by atoms with Gasteiger partial charge in [0.25, 0.3) is 0 Å². The Morgan fingerprint density at radius 1 is 0.900 bits per heavy atom. The lowest BCUT2D eigenvalue weighted by molar-refractivity contribution is 0.238. The van der Waals surface area contributed by atoms with Gasteiger partial charge < -0.3 is 9.64 Å². The van der Waals surface area contributed by atoms with Crippen LogP contribution < -0.4 is 9.64 Å². The maximum atomic E-state index is 13.3. The Morgan fingerprint density at radius 3 is 2.43 bits per heavy atom. The predicted molar refractivity (Wildman–Crippen MR) is 114 cm³/mol. The van der Waals surface area contributed by atoms with Crippen LogP contribution in [-0.4, -0.2) is 34.5 Å². The van der Waals surface area contributed by atoms with Gasteiger partial charge in [-0.25, -0.2) is 9.37 Å². The van der Waals surface area contributed by atoms with Gasteiger partial charge in [-0.3, -0.25) is 4.90 Å². The van der Waals surface area contributed by atoms with E-state index in [1.54, 1.807) is 12.1 Å². The van der Waals surface area contributed by atoms with Crippen molar-refractivity contribution in [1.82, 2.24) is 14.9 Å². The summed E-state index contributed by atoms with van der Waals surface area (Å²) in [5, 5.41) is 0. The number of benzene rings is 2. The molecule has 0 atom stereocenters. The van der Waals surface area contributed by atoms with E-state index < -0.39 is 0 Å². The summed E-state index contributed by atoms with van der Waals surface area (Å²) < 4.78 is 19.5. The Labute approximate surface area is 176 Å². The van der Waals surface area contributed by atoms with E-state index in [2.05, 4.69) is 34.1 Å². The Morgan fingerprint density at radius 2 is 1.67 bits per heavy atom. The molecule has 6 heteroatoms. The number of hydrogen-bond acceptors (Lipinski definition) is 5. The molecule has 1 fully saturated rings. The van der Waals surface area contributed by atoms with E-state index in [4.69, 9.17) is 14.7 Å². The van der Waals surface area contributed by atoms with Gasteiger partial charge in [0, 0.05) is 39.1 Å². The first-order valence-electron chi connectivity index (χ1n) is 10.6. The van der Waals surface area contributed by atoms with Gasteiger partial charge in [0.05, 0.1) is 11.3 Å². The molecule has 1 aromatic heterocycles. The molecule has 2 aromatic carbocycles.